The van der Waals surface area contributed by atoms with Crippen molar-refractivity contribution < 1.29 is 38.3 Å². The molecular weight excluding hydrogens is 440 g/mol. The summed E-state index contributed by atoms with van der Waals surface area (Å²) in [6.45, 7) is 12.6. The van der Waals surface area contributed by atoms with Gasteiger partial charge in [-0.1, -0.05) is 53.4 Å². The van der Waals surface area contributed by atoms with Gasteiger partial charge in [0.15, 0.2) is 0 Å². The lowest BCUT2D eigenvalue weighted by molar-refractivity contribution is -0.366. The van der Waals surface area contributed by atoms with Gasteiger partial charge in [-0.05, 0) is 32.6 Å². The Labute approximate surface area is 206 Å². The molecule has 0 aromatic heterocycles. The maximum Gasteiger partial charge on any atom is 0.311 e. The largest absolute Gasteiger partial charge is 0.466 e. The van der Waals surface area contributed by atoms with Crippen LogP contribution in [0.2, 0.25) is 0 Å². The van der Waals surface area contributed by atoms with Crippen LogP contribution < -0.4 is 0 Å². The van der Waals surface area contributed by atoms with Crippen LogP contribution in [0.5, 0.6) is 0 Å². The molecule has 5 unspecified atom stereocenters. The summed E-state index contributed by atoms with van der Waals surface area (Å²) in [6, 6.07) is 0. The molecule has 1 fully saturated rings. The second-order valence-corrected chi connectivity index (χ2v) is 8.93. The van der Waals surface area contributed by atoms with Gasteiger partial charge in [-0.2, -0.15) is 0 Å². The molecule has 1 aliphatic rings. The van der Waals surface area contributed by atoms with Crippen LogP contribution in [0, 0.1) is 0 Å². The molecule has 0 aliphatic carbocycles. The molecule has 0 radical (unpaired) electrons. The lowest BCUT2D eigenvalue weighted by Gasteiger charge is -2.50. The van der Waals surface area contributed by atoms with Crippen LogP contribution in [0.15, 0.2) is 0 Å². The number of unbranched alkanes of at least 4 members (excludes halogenated alkanes) is 4. The summed E-state index contributed by atoms with van der Waals surface area (Å²) < 4.78 is 36.0. The Balaban J connectivity index is 3.25. The van der Waals surface area contributed by atoms with Crippen LogP contribution in [-0.2, 0) is 33.2 Å². The molecule has 0 amide bonds. The summed E-state index contributed by atoms with van der Waals surface area (Å²) in [5.74, 6) is -2.45. The Hall–Kier alpha value is -0.770. The van der Waals surface area contributed by atoms with Crippen molar-refractivity contribution in [3.05, 3.63) is 0 Å². The highest BCUT2D eigenvalue weighted by Gasteiger charge is 2.57. The quantitative estimate of drug-likeness (QED) is 0.198. The Morgan fingerprint density at radius 2 is 1.32 bits per heavy atom. The van der Waals surface area contributed by atoms with Gasteiger partial charge in [-0.3, -0.25) is 4.79 Å². The van der Waals surface area contributed by atoms with Gasteiger partial charge in [-0.25, -0.2) is 0 Å². The van der Waals surface area contributed by atoms with Crippen LogP contribution in [0.3, 0.4) is 0 Å². The first-order valence-electron chi connectivity index (χ1n) is 13.5. The Kier molecular flexibility index (Phi) is 17.0. The van der Waals surface area contributed by atoms with E-state index < -0.39 is 36.2 Å². The van der Waals surface area contributed by atoms with Crippen molar-refractivity contribution in [3.63, 3.8) is 0 Å². The van der Waals surface area contributed by atoms with Gasteiger partial charge in [0.25, 0.3) is 0 Å². The Morgan fingerprint density at radius 1 is 0.794 bits per heavy atom. The van der Waals surface area contributed by atoms with E-state index in [0.29, 0.717) is 26.4 Å². The zero-order valence-corrected chi connectivity index (χ0v) is 22.2. The number of hydrogen-bond donors (Lipinski definition) is 1. The summed E-state index contributed by atoms with van der Waals surface area (Å²) in [7, 11) is 0. The van der Waals surface area contributed by atoms with Gasteiger partial charge in [0.05, 0.1) is 13.2 Å². The molecule has 8 nitrogen and oxygen atoms in total. The monoisotopic (exact) mass is 490 g/mol. The highest BCUT2D eigenvalue weighted by Crippen LogP contribution is 2.37. The number of aliphatic hydroxyl groups is 1. The average molecular weight is 491 g/mol. The van der Waals surface area contributed by atoms with Gasteiger partial charge in [-0.15, -0.1) is 0 Å². The number of ether oxygens (including phenoxy) is 6. The molecule has 8 heteroatoms. The molecule has 1 N–H and O–H groups in total. The molecule has 0 saturated carbocycles. The van der Waals surface area contributed by atoms with E-state index in [9.17, 15) is 9.90 Å². The van der Waals surface area contributed by atoms with Crippen LogP contribution in [0.1, 0.15) is 92.4 Å². The summed E-state index contributed by atoms with van der Waals surface area (Å²) in [5, 5.41) is 11.7. The zero-order valence-electron chi connectivity index (χ0n) is 22.2. The normalized spacial score (nSPS) is 27.1. The molecule has 1 saturated heterocycles. The SMILES string of the molecule is CCCCOCC1OC(O)(CC(=O)OCC)C(OCCCC)C(OCCCC)C1OCCCC. The van der Waals surface area contributed by atoms with Gasteiger partial charge in [0.2, 0.25) is 5.79 Å². The molecule has 0 bridgehead atoms. The van der Waals surface area contributed by atoms with Crippen LogP contribution in [0.25, 0.3) is 0 Å². The Morgan fingerprint density at radius 3 is 1.88 bits per heavy atom. The van der Waals surface area contributed by atoms with E-state index in [4.69, 9.17) is 28.4 Å². The fraction of sp³-hybridized carbons (Fsp3) is 0.962. The minimum Gasteiger partial charge on any atom is -0.466 e. The number of carbonyl (C=O) groups excluding carboxylic acids is 1. The standard InChI is InChI=1S/C26H50O8/c1-6-11-15-29-20-21-23(31-16-12-7-2)24(32-17-13-8-3)25(33-18-14-9-4)26(28,34-21)19-22(27)30-10-5/h21,23-25,28H,6-20H2,1-5H3. The molecule has 34 heavy (non-hydrogen) atoms. The number of carbonyl (C=O) groups is 1. The smallest absolute Gasteiger partial charge is 0.311 e. The molecule has 202 valence electrons. The van der Waals surface area contributed by atoms with Crippen molar-refractivity contribution in [2.24, 2.45) is 0 Å². The molecule has 1 aliphatic heterocycles. The summed E-state index contributed by atoms with van der Waals surface area (Å²) >= 11 is 0. The van der Waals surface area contributed by atoms with Crippen LogP contribution >= 0.6 is 0 Å². The van der Waals surface area contributed by atoms with Crippen LogP contribution in [-0.4, -0.2) is 80.9 Å². The summed E-state index contributed by atoms with van der Waals surface area (Å²) in [6.07, 6.45) is 4.51. The minimum absolute atomic E-state index is 0.221. The molecule has 0 aromatic carbocycles. The fourth-order valence-electron chi connectivity index (χ4n) is 3.86. The molecule has 0 spiro atoms. The van der Waals surface area contributed by atoms with E-state index >= 15 is 0 Å². The van der Waals surface area contributed by atoms with E-state index in [1.165, 1.54) is 0 Å². The van der Waals surface area contributed by atoms with Gasteiger partial charge in [0, 0.05) is 26.4 Å². The third-order valence-electron chi connectivity index (χ3n) is 5.83. The third-order valence-corrected chi connectivity index (χ3v) is 5.83. The topological polar surface area (TPSA) is 92.7 Å². The number of rotatable bonds is 20. The molecule has 5 atom stereocenters. The maximum atomic E-state index is 12.4. The van der Waals surface area contributed by atoms with Crippen molar-refractivity contribution in [1.29, 1.82) is 0 Å². The maximum absolute atomic E-state index is 12.4. The molecular formula is C26H50O8. The van der Waals surface area contributed by atoms with Gasteiger partial charge >= 0.3 is 5.97 Å². The lowest BCUT2D eigenvalue weighted by atomic mass is 9.89. The van der Waals surface area contributed by atoms with Crippen molar-refractivity contribution in [1.82, 2.24) is 0 Å². The molecule has 1 heterocycles. The minimum atomic E-state index is -1.90. The van der Waals surface area contributed by atoms with Gasteiger partial charge < -0.3 is 33.5 Å². The second-order valence-electron chi connectivity index (χ2n) is 8.93. The molecule has 1 rings (SSSR count). The predicted octanol–water partition coefficient (Wildman–Crippen LogP) is 4.40. The van der Waals surface area contributed by atoms with Crippen molar-refractivity contribution in [3.8, 4) is 0 Å². The third kappa shape index (κ3) is 10.9. The van der Waals surface area contributed by atoms with Crippen molar-refractivity contribution in [2.75, 3.05) is 39.6 Å². The lowest BCUT2D eigenvalue weighted by Crippen LogP contribution is -2.68. The number of esters is 1. The van der Waals surface area contributed by atoms with E-state index in [0.717, 1.165) is 51.4 Å². The van der Waals surface area contributed by atoms with Crippen molar-refractivity contribution >= 4 is 5.97 Å². The highest BCUT2D eigenvalue weighted by molar-refractivity contribution is 5.70. The Bertz CT molecular complexity index is 517. The second kappa shape index (κ2) is 18.5. The van der Waals surface area contributed by atoms with E-state index in [1.807, 2.05) is 0 Å². The van der Waals surface area contributed by atoms with E-state index in [-0.39, 0.29) is 19.6 Å². The molecule has 0 aromatic rings. The van der Waals surface area contributed by atoms with E-state index in [2.05, 4.69) is 27.7 Å². The predicted molar refractivity (Wildman–Crippen MR) is 131 cm³/mol. The number of hydrogen-bond acceptors (Lipinski definition) is 8. The van der Waals surface area contributed by atoms with Gasteiger partial charge in [0.1, 0.15) is 30.8 Å². The van der Waals surface area contributed by atoms with E-state index in [1.54, 1.807) is 6.92 Å². The summed E-state index contributed by atoms with van der Waals surface area (Å²) in [5.41, 5.74) is 0. The summed E-state index contributed by atoms with van der Waals surface area (Å²) in [4.78, 5) is 12.4. The average Bonchev–Trinajstić information content (AvgIpc) is 2.80. The van der Waals surface area contributed by atoms with Crippen molar-refractivity contribution in [2.45, 2.75) is 123 Å². The van der Waals surface area contributed by atoms with Crippen LogP contribution in [0.4, 0.5) is 0 Å². The highest BCUT2D eigenvalue weighted by atomic mass is 16.7. The zero-order chi connectivity index (χ0) is 25.2. The first-order valence-corrected chi connectivity index (χ1v) is 13.5. The first kappa shape index (κ1) is 31.3. The first-order chi connectivity index (χ1) is 16.5. The fourth-order valence-corrected chi connectivity index (χ4v) is 3.86.